The van der Waals surface area contributed by atoms with E-state index in [0.29, 0.717) is 19.6 Å². The fourth-order valence-corrected chi connectivity index (χ4v) is 2.66. The van der Waals surface area contributed by atoms with Crippen LogP contribution in [0, 0.1) is 11.7 Å². The molecule has 0 unspecified atom stereocenters. The zero-order valence-corrected chi connectivity index (χ0v) is 14.2. The number of rotatable bonds is 7. The predicted molar refractivity (Wildman–Crippen MR) is 92.9 cm³/mol. The number of amides is 2. The van der Waals surface area contributed by atoms with Crippen molar-refractivity contribution < 1.29 is 18.7 Å². The summed E-state index contributed by atoms with van der Waals surface area (Å²) in [5, 5.41) is 2.88. The Morgan fingerprint density at radius 3 is 2.65 bits per heavy atom. The van der Waals surface area contributed by atoms with Crippen LogP contribution in [-0.4, -0.2) is 47.9 Å². The predicted octanol–water partition coefficient (Wildman–Crippen LogP) is 1.42. The maximum atomic E-state index is 13.4. The molecule has 0 aliphatic carbocycles. The molecule has 6 nitrogen and oxygen atoms in total. The van der Waals surface area contributed by atoms with Gasteiger partial charge in [-0.2, -0.15) is 0 Å². The lowest BCUT2D eigenvalue weighted by atomic mass is 9.99. The summed E-state index contributed by atoms with van der Waals surface area (Å²) in [4.78, 5) is 29.6. The lowest BCUT2D eigenvalue weighted by Gasteiger charge is -2.38. The van der Waals surface area contributed by atoms with Crippen molar-refractivity contribution in [3.05, 3.63) is 60.2 Å². The monoisotopic (exact) mass is 357 g/mol. The number of hydrogen-bond acceptors (Lipinski definition) is 4. The molecule has 1 N–H and O–H groups in total. The van der Waals surface area contributed by atoms with Gasteiger partial charge in [0.25, 0.3) is 5.91 Å². The topological polar surface area (TPSA) is 71.5 Å². The normalized spacial score (nSPS) is 13.8. The average Bonchev–Trinajstić information content (AvgIpc) is 2.61. The summed E-state index contributed by atoms with van der Waals surface area (Å²) < 4.78 is 18.6. The van der Waals surface area contributed by atoms with Crippen molar-refractivity contribution in [3.8, 4) is 5.75 Å². The molecule has 0 radical (unpaired) electrons. The maximum Gasteiger partial charge on any atom is 0.260 e. The van der Waals surface area contributed by atoms with E-state index in [1.807, 2.05) is 12.1 Å². The zero-order valence-electron chi connectivity index (χ0n) is 14.2. The van der Waals surface area contributed by atoms with Crippen molar-refractivity contribution in [2.24, 2.45) is 5.92 Å². The van der Waals surface area contributed by atoms with E-state index in [0.717, 1.165) is 12.0 Å². The standard InChI is InChI=1S/C19H20FN3O3/c20-16-3-1-2-4-17(16)26-13-18(24)23-11-15(12-23)19(25)22-10-7-14-5-8-21-9-6-14/h1-6,8-9,15H,7,10-13H2,(H,22,25). The van der Waals surface area contributed by atoms with Gasteiger partial charge in [-0.05, 0) is 36.2 Å². The fourth-order valence-electron chi connectivity index (χ4n) is 2.66. The number of pyridine rings is 1. The van der Waals surface area contributed by atoms with Crippen LogP contribution in [0.15, 0.2) is 48.8 Å². The first kappa shape index (κ1) is 17.8. The first-order valence-electron chi connectivity index (χ1n) is 8.45. The van der Waals surface area contributed by atoms with Gasteiger partial charge in [-0.25, -0.2) is 4.39 Å². The number of carbonyl (C=O) groups is 2. The summed E-state index contributed by atoms with van der Waals surface area (Å²) in [5.74, 6) is -0.973. The molecule has 1 aliphatic heterocycles. The number of ether oxygens (including phenoxy) is 1. The molecule has 1 aliphatic rings. The van der Waals surface area contributed by atoms with Gasteiger partial charge in [0.05, 0.1) is 5.92 Å². The summed E-state index contributed by atoms with van der Waals surface area (Å²) in [5.41, 5.74) is 1.11. The number of carbonyl (C=O) groups excluding carboxylic acids is 2. The SMILES string of the molecule is O=C(NCCc1ccncc1)C1CN(C(=O)COc2ccccc2F)C1. The minimum atomic E-state index is -0.504. The van der Waals surface area contributed by atoms with Crippen LogP contribution in [0.5, 0.6) is 5.75 Å². The van der Waals surface area contributed by atoms with Crippen molar-refractivity contribution in [3.63, 3.8) is 0 Å². The van der Waals surface area contributed by atoms with Gasteiger partial charge in [-0.3, -0.25) is 14.6 Å². The molecule has 2 aromatic rings. The van der Waals surface area contributed by atoms with Gasteiger partial charge in [0.1, 0.15) is 0 Å². The number of likely N-dealkylation sites (tertiary alicyclic amines) is 1. The Labute approximate surface area is 151 Å². The molecule has 3 rings (SSSR count). The van der Waals surface area contributed by atoms with Crippen LogP contribution in [0.2, 0.25) is 0 Å². The van der Waals surface area contributed by atoms with Gasteiger partial charge in [-0.15, -0.1) is 0 Å². The zero-order chi connectivity index (χ0) is 18.4. The summed E-state index contributed by atoms with van der Waals surface area (Å²) in [7, 11) is 0. The summed E-state index contributed by atoms with van der Waals surface area (Å²) in [6.07, 6.45) is 4.17. The molecule has 0 saturated carbocycles. The number of aromatic nitrogens is 1. The molecule has 26 heavy (non-hydrogen) atoms. The lowest BCUT2D eigenvalue weighted by Crippen LogP contribution is -2.56. The second-order valence-electron chi connectivity index (χ2n) is 6.11. The number of nitrogens with one attached hydrogen (secondary N) is 1. The van der Waals surface area contributed by atoms with Crippen LogP contribution >= 0.6 is 0 Å². The van der Waals surface area contributed by atoms with Crippen LogP contribution in [0.25, 0.3) is 0 Å². The second kappa shape index (κ2) is 8.42. The van der Waals surface area contributed by atoms with E-state index >= 15 is 0 Å². The van der Waals surface area contributed by atoms with E-state index in [9.17, 15) is 14.0 Å². The van der Waals surface area contributed by atoms with Crippen LogP contribution in [-0.2, 0) is 16.0 Å². The third-order valence-electron chi connectivity index (χ3n) is 4.26. The molecule has 0 bridgehead atoms. The molecule has 0 atom stereocenters. The van der Waals surface area contributed by atoms with Gasteiger partial charge in [0, 0.05) is 32.0 Å². The second-order valence-corrected chi connectivity index (χ2v) is 6.11. The lowest BCUT2D eigenvalue weighted by molar-refractivity contribution is -0.144. The van der Waals surface area contributed by atoms with Crippen molar-refractivity contribution in [1.82, 2.24) is 15.2 Å². The van der Waals surface area contributed by atoms with E-state index in [-0.39, 0.29) is 30.1 Å². The third-order valence-corrected chi connectivity index (χ3v) is 4.26. The highest BCUT2D eigenvalue weighted by Gasteiger charge is 2.35. The molecule has 136 valence electrons. The van der Waals surface area contributed by atoms with Crippen LogP contribution in [0.1, 0.15) is 5.56 Å². The minimum Gasteiger partial charge on any atom is -0.481 e. The largest absolute Gasteiger partial charge is 0.481 e. The summed E-state index contributed by atoms with van der Waals surface area (Å²) >= 11 is 0. The maximum absolute atomic E-state index is 13.4. The first-order valence-corrected chi connectivity index (χ1v) is 8.45. The first-order chi connectivity index (χ1) is 12.6. The van der Waals surface area contributed by atoms with E-state index in [1.165, 1.54) is 17.0 Å². The molecule has 1 fully saturated rings. The number of halogens is 1. The number of benzene rings is 1. The van der Waals surface area contributed by atoms with E-state index in [1.54, 1.807) is 24.5 Å². The molecule has 0 spiro atoms. The van der Waals surface area contributed by atoms with Gasteiger partial charge in [0.2, 0.25) is 5.91 Å². The Morgan fingerprint density at radius 1 is 1.19 bits per heavy atom. The van der Waals surface area contributed by atoms with Crippen molar-refractivity contribution >= 4 is 11.8 Å². The smallest absolute Gasteiger partial charge is 0.260 e. The number of para-hydroxylation sites is 1. The van der Waals surface area contributed by atoms with Crippen LogP contribution in [0.4, 0.5) is 4.39 Å². The minimum absolute atomic E-state index is 0.0479. The van der Waals surface area contributed by atoms with Gasteiger partial charge < -0.3 is 15.0 Å². The highest BCUT2D eigenvalue weighted by Crippen LogP contribution is 2.18. The molecule has 1 saturated heterocycles. The van der Waals surface area contributed by atoms with Crippen molar-refractivity contribution in [1.29, 1.82) is 0 Å². The molecule has 2 amide bonds. The molecular weight excluding hydrogens is 337 g/mol. The Balaban J connectivity index is 1.34. The summed E-state index contributed by atoms with van der Waals surface area (Å²) in [6, 6.07) is 9.75. The Bertz CT molecular complexity index is 764. The fraction of sp³-hybridized carbons (Fsp3) is 0.316. The van der Waals surface area contributed by atoms with E-state index in [4.69, 9.17) is 4.74 Å². The van der Waals surface area contributed by atoms with Gasteiger partial charge in [-0.1, -0.05) is 12.1 Å². The Hall–Kier alpha value is -2.96. The molecule has 2 heterocycles. The van der Waals surface area contributed by atoms with Gasteiger partial charge in [0.15, 0.2) is 18.2 Å². The molecule has 1 aromatic carbocycles. The highest BCUT2D eigenvalue weighted by atomic mass is 19.1. The molecule has 7 heteroatoms. The third kappa shape index (κ3) is 4.56. The van der Waals surface area contributed by atoms with Crippen molar-refractivity contribution in [2.45, 2.75) is 6.42 Å². The molecule has 1 aromatic heterocycles. The summed E-state index contributed by atoms with van der Waals surface area (Å²) in [6.45, 7) is 1.03. The highest BCUT2D eigenvalue weighted by molar-refractivity contribution is 5.85. The Morgan fingerprint density at radius 2 is 1.92 bits per heavy atom. The van der Waals surface area contributed by atoms with E-state index < -0.39 is 5.82 Å². The average molecular weight is 357 g/mol. The van der Waals surface area contributed by atoms with Crippen LogP contribution in [0.3, 0.4) is 0 Å². The van der Waals surface area contributed by atoms with Crippen LogP contribution < -0.4 is 10.1 Å². The number of hydrogen-bond donors (Lipinski definition) is 1. The van der Waals surface area contributed by atoms with Gasteiger partial charge >= 0.3 is 0 Å². The Kier molecular flexibility index (Phi) is 5.78. The number of nitrogens with zero attached hydrogens (tertiary/aromatic N) is 2. The van der Waals surface area contributed by atoms with Crippen molar-refractivity contribution in [2.75, 3.05) is 26.2 Å². The quantitative estimate of drug-likeness (QED) is 0.814. The molecular formula is C19H20FN3O3. The van der Waals surface area contributed by atoms with E-state index in [2.05, 4.69) is 10.3 Å².